The summed E-state index contributed by atoms with van der Waals surface area (Å²) in [6.07, 6.45) is 0. The third-order valence-corrected chi connectivity index (χ3v) is 7.35. The van der Waals surface area contributed by atoms with E-state index in [1.54, 1.807) is 29.2 Å². The van der Waals surface area contributed by atoms with E-state index < -0.39 is 31.7 Å². The van der Waals surface area contributed by atoms with E-state index in [4.69, 9.17) is 9.47 Å². The molecule has 0 unspecified atom stereocenters. The van der Waals surface area contributed by atoms with Crippen LogP contribution in [0.4, 0.5) is 19.7 Å². The molecule has 0 aliphatic carbocycles. The number of urea groups is 1. The molecule has 1 saturated heterocycles. The third kappa shape index (κ3) is 3.80. The van der Waals surface area contributed by atoms with E-state index >= 15 is 0 Å². The van der Waals surface area contributed by atoms with Crippen LogP contribution in [0, 0.1) is 17.1 Å². The van der Waals surface area contributed by atoms with Gasteiger partial charge in [-0.1, -0.05) is 0 Å². The second kappa shape index (κ2) is 7.79. The van der Waals surface area contributed by atoms with Crippen molar-refractivity contribution in [2.24, 2.45) is 0 Å². The molecule has 0 atom stereocenters. The molecule has 0 aromatic heterocycles. The SMILES string of the molecule is COc1ccc(Oc2cc(N3C(=O)NCI(C)C3=O)c(F)cc2C#N)cc1. The number of benzene rings is 2. The van der Waals surface area contributed by atoms with Gasteiger partial charge >= 0.3 is 162 Å². The average Bonchev–Trinajstić information content (AvgIpc) is 2.67. The second-order valence-corrected chi connectivity index (χ2v) is 10.5. The average molecular weight is 483 g/mol. The van der Waals surface area contributed by atoms with Crippen LogP contribution in [0.3, 0.4) is 0 Å². The van der Waals surface area contributed by atoms with Gasteiger partial charge in [-0.3, -0.25) is 0 Å². The molecule has 3 amide bonds. The van der Waals surface area contributed by atoms with Crippen LogP contribution >= 0.6 is 19.8 Å². The van der Waals surface area contributed by atoms with Gasteiger partial charge in [0.05, 0.1) is 0 Å². The molecule has 1 N–H and O–H groups in total. The zero-order chi connectivity index (χ0) is 19.6. The fraction of sp³-hybridized carbons (Fsp3) is 0.167. The molecule has 1 aliphatic rings. The van der Waals surface area contributed by atoms with Crippen LogP contribution in [0.1, 0.15) is 5.56 Å². The van der Waals surface area contributed by atoms with Crippen LogP contribution in [0.25, 0.3) is 0 Å². The summed E-state index contributed by atoms with van der Waals surface area (Å²) in [5, 5.41) is 11.9. The van der Waals surface area contributed by atoms with Gasteiger partial charge in [-0.05, 0) is 0 Å². The Morgan fingerprint density at radius 1 is 1.22 bits per heavy atom. The zero-order valence-corrected chi connectivity index (χ0v) is 16.6. The number of methoxy groups -OCH3 is 1. The van der Waals surface area contributed by atoms with Crippen molar-refractivity contribution >= 4 is 35.5 Å². The fourth-order valence-corrected chi connectivity index (χ4v) is 4.91. The summed E-state index contributed by atoms with van der Waals surface area (Å²) >= 11 is -2.10. The summed E-state index contributed by atoms with van der Waals surface area (Å²) < 4.78 is 25.3. The standard InChI is InChI=1S/C18H15FIN3O4/c1-20-10-22-18(25)23(17(20)24)15-8-16(11(9-21)7-14(15)19)27-13-5-3-12(26-2)4-6-13/h3-8H,10H2,1-2H3,(H,22,25). The van der Waals surface area contributed by atoms with Gasteiger partial charge < -0.3 is 0 Å². The van der Waals surface area contributed by atoms with Gasteiger partial charge in [0.2, 0.25) is 0 Å². The summed E-state index contributed by atoms with van der Waals surface area (Å²) in [5.41, 5.74) is -0.285. The Morgan fingerprint density at radius 2 is 1.89 bits per heavy atom. The Hall–Kier alpha value is -2.87. The number of halogens is 2. The van der Waals surface area contributed by atoms with Crippen LogP contribution in [0.15, 0.2) is 36.4 Å². The number of ether oxygens (including phenoxy) is 2. The number of imide groups is 1. The number of hydrogen-bond acceptors (Lipinski definition) is 5. The number of nitriles is 1. The first-order valence-electron chi connectivity index (χ1n) is 7.68. The summed E-state index contributed by atoms with van der Waals surface area (Å²) in [4.78, 5) is 27.1. The molecule has 1 heterocycles. The van der Waals surface area contributed by atoms with E-state index in [1.165, 1.54) is 13.2 Å². The van der Waals surface area contributed by atoms with E-state index in [1.807, 2.05) is 6.07 Å². The van der Waals surface area contributed by atoms with Gasteiger partial charge in [-0.25, -0.2) is 0 Å². The Bertz CT molecular complexity index is 943. The molecular formula is C18H15FIN3O4. The van der Waals surface area contributed by atoms with Crippen LogP contribution in [0.2, 0.25) is 0 Å². The number of nitrogens with one attached hydrogen (secondary N) is 1. The van der Waals surface area contributed by atoms with Gasteiger partial charge in [0, 0.05) is 0 Å². The first-order chi connectivity index (χ1) is 12.9. The molecule has 9 heteroatoms. The van der Waals surface area contributed by atoms with E-state index in [0.717, 1.165) is 11.0 Å². The number of amides is 3. The zero-order valence-electron chi connectivity index (χ0n) is 14.5. The molecule has 140 valence electrons. The monoisotopic (exact) mass is 483 g/mol. The molecule has 2 aromatic rings. The van der Waals surface area contributed by atoms with E-state index in [0.29, 0.717) is 16.1 Å². The summed E-state index contributed by atoms with van der Waals surface area (Å²) in [6.45, 7) is 0. The van der Waals surface area contributed by atoms with Crippen molar-refractivity contribution in [3.63, 3.8) is 0 Å². The van der Waals surface area contributed by atoms with Gasteiger partial charge in [0.1, 0.15) is 0 Å². The predicted molar refractivity (Wildman–Crippen MR) is 105 cm³/mol. The van der Waals surface area contributed by atoms with Gasteiger partial charge in [-0.15, -0.1) is 0 Å². The van der Waals surface area contributed by atoms with Crippen molar-refractivity contribution in [1.29, 1.82) is 5.26 Å². The Kier molecular flexibility index (Phi) is 5.46. The molecule has 27 heavy (non-hydrogen) atoms. The van der Waals surface area contributed by atoms with Crippen molar-refractivity contribution in [2.75, 3.05) is 21.5 Å². The summed E-state index contributed by atoms with van der Waals surface area (Å²) in [6, 6.07) is 9.91. The number of alkyl halides is 2. The van der Waals surface area contributed by atoms with Gasteiger partial charge in [-0.2, -0.15) is 0 Å². The molecule has 0 radical (unpaired) electrons. The minimum atomic E-state index is -2.10. The number of carbonyl (C=O) groups is 2. The van der Waals surface area contributed by atoms with Crippen LogP contribution in [-0.2, 0) is 0 Å². The van der Waals surface area contributed by atoms with Crippen LogP contribution < -0.4 is 19.7 Å². The topological polar surface area (TPSA) is 91.7 Å². The van der Waals surface area contributed by atoms with Crippen LogP contribution in [0.5, 0.6) is 17.2 Å². The third-order valence-electron chi connectivity index (χ3n) is 3.77. The van der Waals surface area contributed by atoms with Gasteiger partial charge in [0.15, 0.2) is 0 Å². The molecule has 0 bridgehead atoms. The molecule has 1 fully saturated rings. The molecule has 1 aliphatic heterocycles. The van der Waals surface area contributed by atoms with Crippen molar-refractivity contribution in [2.45, 2.75) is 0 Å². The van der Waals surface area contributed by atoms with E-state index in [-0.39, 0.29) is 20.9 Å². The normalized spacial score (nSPS) is 15.2. The van der Waals surface area contributed by atoms with Crippen molar-refractivity contribution < 1.29 is 23.5 Å². The Labute approximate surface area is 162 Å². The molecule has 7 nitrogen and oxygen atoms in total. The minimum absolute atomic E-state index is 0.0432. The van der Waals surface area contributed by atoms with Gasteiger partial charge in [0.25, 0.3) is 0 Å². The molecular weight excluding hydrogens is 468 g/mol. The van der Waals surface area contributed by atoms with Crippen molar-refractivity contribution in [1.82, 2.24) is 5.32 Å². The molecule has 3 rings (SSSR count). The quantitative estimate of drug-likeness (QED) is 0.304. The van der Waals surface area contributed by atoms with Crippen molar-refractivity contribution in [3.8, 4) is 23.3 Å². The number of nitrogens with zero attached hydrogens (tertiary/aromatic N) is 2. The van der Waals surface area contributed by atoms with E-state index in [9.17, 15) is 19.2 Å². The second-order valence-electron chi connectivity index (χ2n) is 5.48. The molecule has 0 saturated carbocycles. The number of anilines is 1. The van der Waals surface area contributed by atoms with Crippen molar-refractivity contribution in [3.05, 3.63) is 47.8 Å². The molecule has 0 spiro atoms. The number of rotatable bonds is 4. The number of hydrogen-bond donors (Lipinski definition) is 1. The Balaban J connectivity index is 2.01. The molecule has 2 aromatic carbocycles. The fourth-order valence-electron chi connectivity index (χ4n) is 2.38. The number of carbonyl (C=O) groups excluding carboxylic acids is 2. The first-order valence-corrected chi connectivity index (χ1v) is 12.4. The summed E-state index contributed by atoms with van der Waals surface area (Å²) in [5.74, 6) is 0.214. The summed E-state index contributed by atoms with van der Waals surface area (Å²) in [7, 11) is 1.53. The van der Waals surface area contributed by atoms with Crippen LogP contribution in [-0.4, -0.2) is 26.5 Å². The Morgan fingerprint density at radius 3 is 2.52 bits per heavy atom. The maximum atomic E-state index is 14.5. The predicted octanol–water partition coefficient (Wildman–Crippen LogP) is 4.24. The maximum absolute atomic E-state index is 14.5. The first kappa shape index (κ1) is 18.9. The van der Waals surface area contributed by atoms with E-state index in [2.05, 4.69) is 5.32 Å².